The van der Waals surface area contributed by atoms with Gasteiger partial charge in [0.25, 0.3) is 5.69 Å². The van der Waals surface area contributed by atoms with Crippen molar-refractivity contribution in [3.63, 3.8) is 0 Å². The number of aromatic nitrogens is 3. The van der Waals surface area contributed by atoms with Crippen LogP contribution in [0.15, 0.2) is 52.7 Å². The van der Waals surface area contributed by atoms with Crippen LogP contribution in [-0.2, 0) is 5.75 Å². The molecule has 144 valence electrons. The Morgan fingerprint density at radius 3 is 2.71 bits per heavy atom. The Morgan fingerprint density at radius 2 is 2.04 bits per heavy atom. The van der Waals surface area contributed by atoms with E-state index >= 15 is 0 Å². The summed E-state index contributed by atoms with van der Waals surface area (Å²) in [5, 5.41) is 36.3. The molecule has 3 aromatic rings. The summed E-state index contributed by atoms with van der Waals surface area (Å²) < 4.78 is 6.42. The third kappa shape index (κ3) is 4.29. The highest BCUT2D eigenvalue weighted by Gasteiger charge is 2.12. The molecule has 0 atom stereocenters. The number of aryl methyl sites for hydroxylation is 1. The van der Waals surface area contributed by atoms with Crippen LogP contribution in [0.2, 0.25) is 0 Å². The second-order valence-electron chi connectivity index (χ2n) is 5.68. The van der Waals surface area contributed by atoms with E-state index in [2.05, 4.69) is 15.3 Å². The van der Waals surface area contributed by atoms with Crippen LogP contribution < -0.4 is 9.84 Å². The molecule has 1 aromatic heterocycles. The fourth-order valence-corrected chi connectivity index (χ4v) is 3.25. The molecule has 0 spiro atoms. The van der Waals surface area contributed by atoms with Crippen LogP contribution in [0.3, 0.4) is 0 Å². The van der Waals surface area contributed by atoms with Crippen molar-refractivity contribution in [3.05, 3.63) is 69.5 Å². The summed E-state index contributed by atoms with van der Waals surface area (Å²) in [7, 11) is 1.28. The number of benzene rings is 2. The minimum absolute atomic E-state index is 0.0400. The third-order valence-corrected chi connectivity index (χ3v) is 4.78. The second kappa shape index (κ2) is 8.53. The number of hydrogen-bond donors (Lipinski definition) is 0. The van der Waals surface area contributed by atoms with Gasteiger partial charge in [0.15, 0.2) is 5.82 Å². The quantitative estimate of drug-likeness (QED) is 0.260. The highest BCUT2D eigenvalue weighted by Crippen LogP contribution is 2.31. The number of nitro benzene ring substituents is 1. The molecule has 0 unspecified atom stereocenters. The van der Waals surface area contributed by atoms with Gasteiger partial charge in [0.2, 0.25) is 5.16 Å². The fourth-order valence-electron chi connectivity index (χ4n) is 2.36. The molecule has 0 N–H and O–H groups in total. The Labute approximate surface area is 164 Å². The molecule has 28 heavy (non-hydrogen) atoms. The van der Waals surface area contributed by atoms with Gasteiger partial charge in [-0.25, -0.2) is 0 Å². The van der Waals surface area contributed by atoms with Crippen LogP contribution in [0.1, 0.15) is 17.0 Å². The number of methoxy groups -OCH3 is 1. The highest BCUT2D eigenvalue weighted by molar-refractivity contribution is 7.98. The number of nitrogens with zero attached hydrogens (tertiary/aromatic N) is 5. The van der Waals surface area contributed by atoms with Gasteiger partial charge in [-0.1, -0.05) is 47.8 Å². The van der Waals surface area contributed by atoms with Crippen molar-refractivity contribution in [1.29, 1.82) is 0 Å². The highest BCUT2D eigenvalue weighted by atomic mass is 32.2. The summed E-state index contributed by atoms with van der Waals surface area (Å²) in [5.41, 5.74) is 0.907. The Morgan fingerprint density at radius 1 is 1.29 bits per heavy atom. The molecule has 0 aliphatic carbocycles. The normalized spacial score (nSPS) is 11.1. The Bertz CT molecular complexity index is 1020. The monoisotopic (exact) mass is 398 g/mol. The molecule has 0 saturated carbocycles. The summed E-state index contributed by atoms with van der Waals surface area (Å²) in [6, 6.07) is 12.1. The number of non-ortho nitro benzene ring substituents is 1. The predicted molar refractivity (Wildman–Crippen MR) is 103 cm³/mol. The van der Waals surface area contributed by atoms with Crippen molar-refractivity contribution in [2.75, 3.05) is 7.11 Å². The predicted octanol–water partition coefficient (Wildman–Crippen LogP) is 2.75. The maximum atomic E-state index is 12.3. The summed E-state index contributed by atoms with van der Waals surface area (Å²) in [4.78, 5) is 10.5. The molecule has 0 saturated heterocycles. The van der Waals surface area contributed by atoms with E-state index in [1.54, 1.807) is 6.92 Å². The average molecular weight is 398 g/mol. The van der Waals surface area contributed by atoms with Crippen molar-refractivity contribution in [1.82, 2.24) is 14.9 Å². The molecule has 3 rings (SSSR count). The van der Waals surface area contributed by atoms with Gasteiger partial charge < -0.3 is 9.84 Å². The summed E-state index contributed by atoms with van der Waals surface area (Å²) in [6.45, 7) is 1.73. The molecule has 9 nitrogen and oxygen atoms in total. The van der Waals surface area contributed by atoms with Crippen LogP contribution in [0, 0.1) is 17.0 Å². The van der Waals surface area contributed by atoms with Crippen molar-refractivity contribution in [2.24, 2.45) is 5.10 Å². The van der Waals surface area contributed by atoms with Gasteiger partial charge in [-0.05, 0) is 18.1 Å². The number of thioether (sulfide) groups is 1. The zero-order valence-corrected chi connectivity index (χ0v) is 15.9. The summed E-state index contributed by atoms with van der Waals surface area (Å²) in [5.74, 6) is 0.596. The van der Waals surface area contributed by atoms with E-state index in [1.165, 1.54) is 29.8 Å². The van der Waals surface area contributed by atoms with E-state index in [0.29, 0.717) is 16.7 Å². The van der Waals surface area contributed by atoms with Crippen molar-refractivity contribution in [3.8, 4) is 11.5 Å². The number of ether oxygens (including phenoxy) is 1. The maximum Gasteiger partial charge on any atom is 0.273 e. The molecule has 0 aliphatic heterocycles. The smallest absolute Gasteiger partial charge is 0.273 e. The molecular formula is C18H16N5O4S-. The first-order valence-corrected chi connectivity index (χ1v) is 9.14. The van der Waals surface area contributed by atoms with Crippen LogP contribution >= 0.6 is 11.8 Å². The summed E-state index contributed by atoms with van der Waals surface area (Å²) in [6.07, 6.45) is 1.25. The van der Waals surface area contributed by atoms with E-state index in [1.807, 2.05) is 30.3 Å². The van der Waals surface area contributed by atoms with Gasteiger partial charge in [0, 0.05) is 11.8 Å². The van der Waals surface area contributed by atoms with Crippen molar-refractivity contribution in [2.45, 2.75) is 17.8 Å². The van der Waals surface area contributed by atoms with Gasteiger partial charge in [-0.2, -0.15) is 9.78 Å². The minimum atomic E-state index is -0.593. The lowest BCUT2D eigenvalue weighted by molar-refractivity contribution is -0.385. The van der Waals surface area contributed by atoms with Gasteiger partial charge in [0.1, 0.15) is 5.75 Å². The third-order valence-electron chi connectivity index (χ3n) is 3.79. The molecule has 2 aromatic carbocycles. The maximum absolute atomic E-state index is 12.3. The van der Waals surface area contributed by atoms with Gasteiger partial charge >= 0.3 is 0 Å². The first-order valence-electron chi connectivity index (χ1n) is 8.16. The molecule has 0 aliphatic rings. The zero-order valence-electron chi connectivity index (χ0n) is 15.1. The lowest BCUT2D eigenvalue weighted by atomic mass is 10.2. The lowest BCUT2D eigenvalue weighted by Gasteiger charge is -2.15. The molecule has 1 heterocycles. The van der Waals surface area contributed by atoms with Gasteiger partial charge in [0.05, 0.1) is 24.3 Å². The largest absolute Gasteiger partial charge is 0.870 e. The number of rotatable bonds is 7. The van der Waals surface area contributed by atoms with E-state index in [-0.39, 0.29) is 17.0 Å². The van der Waals surface area contributed by atoms with Gasteiger partial charge in [-0.15, -0.1) is 10.2 Å². The second-order valence-corrected chi connectivity index (χ2v) is 6.63. The first kappa shape index (κ1) is 19.4. The molecule has 10 heteroatoms. The van der Waals surface area contributed by atoms with Crippen molar-refractivity contribution >= 4 is 23.7 Å². The Kier molecular flexibility index (Phi) is 5.90. The topological polar surface area (TPSA) is 118 Å². The molecule has 0 amide bonds. The van der Waals surface area contributed by atoms with Crippen LogP contribution in [0.25, 0.3) is 0 Å². The minimum Gasteiger partial charge on any atom is -0.870 e. The van der Waals surface area contributed by atoms with E-state index < -0.39 is 10.7 Å². The number of hydrogen-bond acceptors (Lipinski definition) is 8. The van der Waals surface area contributed by atoms with Crippen LogP contribution in [0.5, 0.6) is 11.5 Å². The first-order chi connectivity index (χ1) is 13.5. The van der Waals surface area contributed by atoms with E-state index in [9.17, 15) is 15.2 Å². The van der Waals surface area contributed by atoms with Gasteiger partial charge in [-0.3, -0.25) is 10.1 Å². The van der Waals surface area contributed by atoms with Crippen LogP contribution in [-0.4, -0.2) is 33.1 Å². The molecule has 0 radical (unpaired) electrons. The molecule has 0 fully saturated rings. The summed E-state index contributed by atoms with van der Waals surface area (Å²) >= 11 is 1.44. The number of nitro groups is 1. The molecule has 0 bridgehead atoms. The standard InChI is InChI=1S/C18H17N5O4S/c1-12-20-21-18(28-11-13-6-4-3-5-7-13)22(12)19-10-14-8-15(23(25)26)9-16(27-2)17(14)24/h3-10,24H,11H2,1-2H3/p-1/b19-10-. The SMILES string of the molecule is COc1cc([N+](=O)[O-])cc(/C=N\n2c(C)nnc2SCc2ccccc2)c1[O-]. The lowest BCUT2D eigenvalue weighted by Crippen LogP contribution is -2.03. The van der Waals surface area contributed by atoms with Crippen molar-refractivity contribution < 1.29 is 14.8 Å². The molecular weight excluding hydrogens is 382 g/mol. The zero-order chi connectivity index (χ0) is 20.1. The van der Waals surface area contributed by atoms with E-state index in [0.717, 1.165) is 17.7 Å². The Hall–Kier alpha value is -3.40. The average Bonchev–Trinajstić information content (AvgIpc) is 3.05. The fraction of sp³-hybridized carbons (Fsp3) is 0.167. The van der Waals surface area contributed by atoms with E-state index in [4.69, 9.17) is 4.74 Å². The van der Waals surface area contributed by atoms with Crippen LogP contribution in [0.4, 0.5) is 5.69 Å². The Balaban J connectivity index is 1.88.